The number of hydrogen-bond donors (Lipinski definition) is 1. The molecule has 28 heavy (non-hydrogen) atoms. The zero-order chi connectivity index (χ0) is 19.9. The maximum Gasteiger partial charge on any atom is 0.238 e. The van der Waals surface area contributed by atoms with Gasteiger partial charge >= 0.3 is 0 Å². The van der Waals surface area contributed by atoms with E-state index < -0.39 is 0 Å². The summed E-state index contributed by atoms with van der Waals surface area (Å²) in [5.41, 5.74) is 3.56. The fourth-order valence-electron chi connectivity index (χ4n) is 3.42. The lowest BCUT2D eigenvalue weighted by atomic mass is 10.1. The Kier molecular flexibility index (Phi) is 7.05. The molecule has 1 N–H and O–H groups in total. The predicted octanol–water partition coefficient (Wildman–Crippen LogP) is 3.67. The number of hydrogen-bond acceptors (Lipinski definition) is 4. The first-order valence-electron chi connectivity index (χ1n) is 9.54. The Morgan fingerprint density at radius 1 is 1.11 bits per heavy atom. The fraction of sp³-hybridized carbons (Fsp3) is 0.364. The zero-order valence-corrected chi connectivity index (χ0v) is 16.9. The number of anilines is 1. The Morgan fingerprint density at radius 2 is 1.82 bits per heavy atom. The number of rotatable bonds is 5. The van der Waals surface area contributed by atoms with Crippen molar-refractivity contribution in [3.63, 3.8) is 0 Å². The highest BCUT2D eigenvalue weighted by molar-refractivity contribution is 6.31. The molecule has 1 aliphatic heterocycles. The summed E-state index contributed by atoms with van der Waals surface area (Å²) in [6, 6.07) is 15.5. The van der Waals surface area contributed by atoms with E-state index in [0.29, 0.717) is 17.1 Å². The van der Waals surface area contributed by atoms with Crippen LogP contribution < -0.4 is 5.32 Å². The molecule has 1 amide bonds. The van der Waals surface area contributed by atoms with E-state index >= 15 is 0 Å². The largest absolute Gasteiger partial charge is 0.325 e. The van der Waals surface area contributed by atoms with Crippen molar-refractivity contribution < 1.29 is 4.79 Å². The van der Waals surface area contributed by atoms with Crippen LogP contribution >= 0.6 is 11.6 Å². The molecule has 1 aliphatic rings. The molecule has 0 spiro atoms. The Morgan fingerprint density at radius 3 is 2.57 bits per heavy atom. The van der Waals surface area contributed by atoms with Gasteiger partial charge in [0.1, 0.15) is 0 Å². The second-order valence-electron chi connectivity index (χ2n) is 7.18. The summed E-state index contributed by atoms with van der Waals surface area (Å²) < 4.78 is 0. The van der Waals surface area contributed by atoms with Gasteiger partial charge in [-0.3, -0.25) is 14.6 Å². The number of carbonyl (C=O) groups is 1. The number of nitriles is 1. The van der Waals surface area contributed by atoms with Crippen molar-refractivity contribution >= 4 is 23.2 Å². The monoisotopic (exact) mass is 396 g/mol. The Hall–Kier alpha value is -2.39. The molecule has 3 rings (SSSR count). The van der Waals surface area contributed by atoms with Crippen LogP contribution in [0.1, 0.15) is 23.1 Å². The van der Waals surface area contributed by atoms with E-state index in [-0.39, 0.29) is 5.91 Å². The minimum Gasteiger partial charge on any atom is -0.325 e. The summed E-state index contributed by atoms with van der Waals surface area (Å²) in [4.78, 5) is 17.1. The van der Waals surface area contributed by atoms with E-state index in [1.165, 1.54) is 5.56 Å². The highest BCUT2D eigenvalue weighted by Crippen LogP contribution is 2.22. The van der Waals surface area contributed by atoms with Gasteiger partial charge in [0.25, 0.3) is 0 Å². The molecule has 0 aliphatic carbocycles. The maximum absolute atomic E-state index is 12.5. The van der Waals surface area contributed by atoms with Crippen molar-refractivity contribution in [2.24, 2.45) is 0 Å². The van der Waals surface area contributed by atoms with Crippen LogP contribution in [0.15, 0.2) is 42.5 Å². The van der Waals surface area contributed by atoms with Crippen LogP contribution in [0.5, 0.6) is 0 Å². The van der Waals surface area contributed by atoms with Gasteiger partial charge in [-0.15, -0.1) is 0 Å². The first-order chi connectivity index (χ1) is 13.5. The minimum atomic E-state index is -0.00842. The van der Waals surface area contributed by atoms with Gasteiger partial charge in [0.05, 0.1) is 18.2 Å². The second-order valence-corrected chi connectivity index (χ2v) is 7.58. The minimum absolute atomic E-state index is 0.00842. The highest BCUT2D eigenvalue weighted by Gasteiger charge is 2.18. The molecule has 146 valence electrons. The van der Waals surface area contributed by atoms with E-state index in [9.17, 15) is 4.79 Å². The number of carbonyl (C=O) groups excluding carboxylic acids is 1. The summed E-state index contributed by atoms with van der Waals surface area (Å²) in [5.74, 6) is -0.00842. The number of nitrogens with zero attached hydrogens (tertiary/aromatic N) is 3. The van der Waals surface area contributed by atoms with Crippen LogP contribution in [0.4, 0.5) is 5.69 Å². The van der Waals surface area contributed by atoms with Crippen LogP contribution in [0.3, 0.4) is 0 Å². The van der Waals surface area contributed by atoms with Crippen LogP contribution in [0, 0.1) is 18.3 Å². The van der Waals surface area contributed by atoms with Crippen LogP contribution in [-0.2, 0) is 11.3 Å². The Labute approximate surface area is 171 Å². The van der Waals surface area contributed by atoms with E-state index in [1.807, 2.05) is 49.4 Å². The van der Waals surface area contributed by atoms with E-state index in [4.69, 9.17) is 16.9 Å². The summed E-state index contributed by atoms with van der Waals surface area (Å²) in [6.45, 7) is 6.86. The molecule has 1 heterocycles. The first kappa shape index (κ1) is 20.3. The lowest BCUT2D eigenvalue weighted by molar-refractivity contribution is -0.117. The number of halogens is 1. The molecule has 0 saturated carbocycles. The number of amides is 1. The second kappa shape index (κ2) is 9.70. The third-order valence-corrected chi connectivity index (χ3v) is 5.49. The molecule has 1 fully saturated rings. The van der Waals surface area contributed by atoms with Crippen LogP contribution in [0.2, 0.25) is 5.02 Å². The first-order valence-corrected chi connectivity index (χ1v) is 9.91. The molecule has 0 unspecified atom stereocenters. The van der Waals surface area contributed by atoms with Gasteiger partial charge in [-0.05, 0) is 61.8 Å². The molecule has 2 aromatic carbocycles. The van der Waals surface area contributed by atoms with Crippen LogP contribution in [0.25, 0.3) is 0 Å². The SMILES string of the molecule is Cc1c(Cl)cccc1NC(=O)CN1CCCN(Cc2ccc(C#N)cc2)CC1. The number of nitrogens with one attached hydrogen (secondary N) is 1. The summed E-state index contributed by atoms with van der Waals surface area (Å²) in [5, 5.41) is 12.5. The van der Waals surface area contributed by atoms with Crippen molar-refractivity contribution in [2.45, 2.75) is 19.9 Å². The third kappa shape index (κ3) is 5.56. The normalized spacial score (nSPS) is 15.6. The predicted molar refractivity (Wildman–Crippen MR) is 112 cm³/mol. The van der Waals surface area contributed by atoms with E-state index in [0.717, 1.165) is 50.4 Å². The smallest absolute Gasteiger partial charge is 0.238 e. The van der Waals surface area contributed by atoms with Gasteiger partial charge in [-0.2, -0.15) is 5.26 Å². The Bertz CT molecular complexity index is 860. The average molecular weight is 397 g/mol. The summed E-state index contributed by atoms with van der Waals surface area (Å²) in [7, 11) is 0. The molecule has 0 radical (unpaired) electrons. The van der Waals surface area contributed by atoms with Gasteiger partial charge < -0.3 is 5.32 Å². The van der Waals surface area contributed by atoms with Gasteiger partial charge in [-0.25, -0.2) is 0 Å². The van der Waals surface area contributed by atoms with Crippen molar-refractivity contribution in [3.8, 4) is 6.07 Å². The molecule has 1 saturated heterocycles. The van der Waals surface area contributed by atoms with Crippen molar-refractivity contribution in [3.05, 3.63) is 64.2 Å². The van der Waals surface area contributed by atoms with Crippen LogP contribution in [-0.4, -0.2) is 48.4 Å². The maximum atomic E-state index is 12.5. The topological polar surface area (TPSA) is 59.4 Å². The standard InChI is InChI=1S/C22H25ClN4O/c1-17-20(23)4-2-5-21(17)25-22(28)16-27-11-3-10-26(12-13-27)15-19-8-6-18(14-24)7-9-19/h2,4-9H,3,10-13,15-16H2,1H3,(H,25,28). The lowest BCUT2D eigenvalue weighted by Gasteiger charge is -2.21. The van der Waals surface area contributed by atoms with Gasteiger partial charge in [0.2, 0.25) is 5.91 Å². The zero-order valence-electron chi connectivity index (χ0n) is 16.1. The number of benzene rings is 2. The molecule has 2 aromatic rings. The molecule has 0 atom stereocenters. The van der Waals surface area contributed by atoms with Gasteiger partial charge in [-0.1, -0.05) is 29.8 Å². The third-order valence-electron chi connectivity index (χ3n) is 5.08. The lowest BCUT2D eigenvalue weighted by Crippen LogP contribution is -2.36. The van der Waals surface area contributed by atoms with E-state index in [1.54, 1.807) is 0 Å². The fourth-order valence-corrected chi connectivity index (χ4v) is 3.59. The van der Waals surface area contributed by atoms with Gasteiger partial charge in [0, 0.05) is 30.3 Å². The Balaban J connectivity index is 1.49. The summed E-state index contributed by atoms with van der Waals surface area (Å²) in [6.07, 6.45) is 1.03. The van der Waals surface area contributed by atoms with Crippen molar-refractivity contribution in [1.82, 2.24) is 9.80 Å². The summed E-state index contributed by atoms with van der Waals surface area (Å²) >= 11 is 6.13. The van der Waals surface area contributed by atoms with Gasteiger partial charge in [0.15, 0.2) is 0 Å². The molecule has 5 nitrogen and oxygen atoms in total. The average Bonchev–Trinajstić information content (AvgIpc) is 2.91. The molecular weight excluding hydrogens is 372 g/mol. The quantitative estimate of drug-likeness (QED) is 0.837. The highest BCUT2D eigenvalue weighted by atomic mass is 35.5. The molecule has 0 aromatic heterocycles. The molecule has 0 bridgehead atoms. The van der Waals surface area contributed by atoms with Crippen molar-refractivity contribution in [2.75, 3.05) is 38.0 Å². The molecular formula is C22H25ClN4O. The molecule has 6 heteroatoms. The van der Waals surface area contributed by atoms with E-state index in [2.05, 4.69) is 21.2 Å². The van der Waals surface area contributed by atoms with Crippen molar-refractivity contribution in [1.29, 1.82) is 5.26 Å².